The molecule has 7 nitrogen and oxygen atoms in total. The van der Waals surface area contributed by atoms with Crippen LogP contribution in [0.25, 0.3) is 0 Å². The lowest BCUT2D eigenvalue weighted by molar-refractivity contribution is -0.892. The van der Waals surface area contributed by atoms with Gasteiger partial charge in [0.05, 0.1) is 31.9 Å². The zero-order chi connectivity index (χ0) is 19.2. The van der Waals surface area contributed by atoms with E-state index in [1.165, 1.54) is 0 Å². The number of para-hydroxylation sites is 2. The van der Waals surface area contributed by atoms with Crippen molar-refractivity contribution in [1.29, 1.82) is 0 Å². The van der Waals surface area contributed by atoms with Crippen LogP contribution in [0, 0.1) is 0 Å². The van der Waals surface area contributed by atoms with Gasteiger partial charge in [-0.1, -0.05) is 23.7 Å². The monoisotopic (exact) mass is 389 g/mol. The van der Waals surface area contributed by atoms with Crippen LogP contribution in [0.5, 0.6) is 5.75 Å². The summed E-state index contributed by atoms with van der Waals surface area (Å²) in [5, 5.41) is 10.5. The average Bonchev–Trinajstić information content (AvgIpc) is 2.68. The summed E-state index contributed by atoms with van der Waals surface area (Å²) in [5.74, 6) is -0.369. The highest BCUT2D eigenvalue weighted by Crippen LogP contribution is 2.25. The maximum atomic E-state index is 12.1. The third kappa shape index (κ3) is 5.12. The lowest BCUT2D eigenvalue weighted by atomic mass is 10.2. The number of nitrogens with zero attached hydrogens (tertiary/aromatic N) is 1. The van der Waals surface area contributed by atoms with Gasteiger partial charge >= 0.3 is 0 Å². The minimum atomic E-state index is -0.389. The van der Waals surface area contributed by atoms with Crippen LogP contribution < -0.4 is 20.7 Å². The summed E-state index contributed by atoms with van der Waals surface area (Å²) >= 11 is 5.79. The van der Waals surface area contributed by atoms with Gasteiger partial charge in [0.2, 0.25) is 0 Å². The smallest absolute Gasteiger partial charge is 0.293 e. The second-order valence-electron chi connectivity index (χ2n) is 6.41. The molecule has 0 aliphatic carbocycles. The Balaban J connectivity index is 1.42. The number of nitrogens with one attached hydrogen (secondary N) is 3. The molecule has 0 bridgehead atoms. The Labute approximate surface area is 162 Å². The van der Waals surface area contributed by atoms with E-state index in [0.29, 0.717) is 10.6 Å². The number of hydrogen-bond acceptors (Lipinski definition) is 4. The van der Waals surface area contributed by atoms with E-state index >= 15 is 0 Å². The highest BCUT2D eigenvalue weighted by Gasteiger charge is 2.23. The van der Waals surface area contributed by atoms with E-state index in [0.717, 1.165) is 36.8 Å². The predicted molar refractivity (Wildman–Crippen MR) is 103 cm³/mol. The number of rotatable bonds is 4. The van der Waals surface area contributed by atoms with Crippen molar-refractivity contribution in [3.63, 3.8) is 0 Å². The number of hydrazine groups is 1. The minimum absolute atomic E-state index is 0.247. The van der Waals surface area contributed by atoms with Gasteiger partial charge in [-0.2, -0.15) is 0 Å². The molecule has 2 aromatic rings. The number of amides is 2. The third-order valence-corrected chi connectivity index (χ3v) is 4.78. The molecule has 1 aliphatic rings. The molecule has 0 unspecified atom stereocenters. The highest BCUT2D eigenvalue weighted by atomic mass is 35.5. The molecule has 27 heavy (non-hydrogen) atoms. The number of phenols is 1. The third-order valence-electron chi connectivity index (χ3n) is 4.53. The fourth-order valence-corrected chi connectivity index (χ4v) is 3.17. The lowest BCUT2D eigenvalue weighted by Gasteiger charge is -2.33. The van der Waals surface area contributed by atoms with Gasteiger partial charge in [-0.15, -0.1) is 0 Å². The maximum absolute atomic E-state index is 12.1. The zero-order valence-electron chi connectivity index (χ0n) is 14.7. The van der Waals surface area contributed by atoms with Crippen molar-refractivity contribution in [3.8, 4) is 5.75 Å². The predicted octanol–water partition coefficient (Wildman–Crippen LogP) is 0.212. The van der Waals surface area contributed by atoms with E-state index in [4.69, 9.17) is 11.6 Å². The maximum Gasteiger partial charge on any atom is 0.293 e. The second kappa shape index (κ2) is 8.75. The summed E-state index contributed by atoms with van der Waals surface area (Å²) in [7, 11) is 0. The second-order valence-corrected chi connectivity index (χ2v) is 6.85. The molecule has 3 rings (SSSR count). The van der Waals surface area contributed by atoms with Gasteiger partial charge < -0.3 is 14.9 Å². The zero-order valence-corrected chi connectivity index (χ0v) is 15.5. The summed E-state index contributed by atoms with van der Waals surface area (Å²) in [4.78, 5) is 27.3. The number of hydrogen-bond donors (Lipinski definition) is 4. The SMILES string of the molecule is O=C(C[NH+]1CCN(c2ccccc2O)CC1)NNC(=O)c1ccc(Cl)cc1. The van der Waals surface area contributed by atoms with Crippen molar-refractivity contribution in [3.05, 3.63) is 59.1 Å². The van der Waals surface area contributed by atoms with Crippen molar-refractivity contribution < 1.29 is 19.6 Å². The highest BCUT2D eigenvalue weighted by molar-refractivity contribution is 6.30. The average molecular weight is 390 g/mol. The van der Waals surface area contributed by atoms with Crippen LogP contribution in [0.2, 0.25) is 5.02 Å². The minimum Gasteiger partial charge on any atom is -0.506 e. The first-order chi connectivity index (χ1) is 13.0. The Kier molecular flexibility index (Phi) is 6.16. The Morgan fingerprint density at radius 3 is 2.37 bits per heavy atom. The van der Waals surface area contributed by atoms with E-state index in [9.17, 15) is 14.7 Å². The van der Waals surface area contributed by atoms with Crippen LogP contribution in [0.1, 0.15) is 10.4 Å². The topological polar surface area (TPSA) is 86.1 Å². The molecule has 1 saturated heterocycles. The van der Waals surface area contributed by atoms with E-state index < -0.39 is 0 Å². The first-order valence-corrected chi connectivity index (χ1v) is 9.12. The molecular weight excluding hydrogens is 368 g/mol. The quantitative estimate of drug-likeness (QED) is 0.563. The normalized spacial score (nSPS) is 14.6. The fraction of sp³-hybridized carbons (Fsp3) is 0.263. The van der Waals surface area contributed by atoms with Crippen molar-refractivity contribution in [2.75, 3.05) is 37.6 Å². The van der Waals surface area contributed by atoms with E-state index in [2.05, 4.69) is 15.8 Å². The molecular formula is C19H22ClN4O3+. The molecule has 2 aromatic carbocycles. The largest absolute Gasteiger partial charge is 0.506 e. The van der Waals surface area contributed by atoms with Crippen molar-refractivity contribution in [2.24, 2.45) is 0 Å². The molecule has 0 atom stereocenters. The molecule has 142 valence electrons. The Morgan fingerprint density at radius 2 is 1.70 bits per heavy atom. The van der Waals surface area contributed by atoms with Gasteiger partial charge in [0.1, 0.15) is 5.75 Å². The summed E-state index contributed by atoms with van der Waals surface area (Å²) in [6.07, 6.45) is 0. The number of quaternary nitrogens is 1. The van der Waals surface area contributed by atoms with Crippen molar-refractivity contribution in [2.45, 2.75) is 0 Å². The molecule has 0 saturated carbocycles. The molecule has 1 heterocycles. The Bertz CT molecular complexity index is 805. The van der Waals surface area contributed by atoms with Crippen LogP contribution in [0.3, 0.4) is 0 Å². The molecule has 1 fully saturated rings. The standard InChI is InChI=1S/C19H21ClN4O3/c20-15-7-5-14(6-8-15)19(27)22-21-18(26)13-23-9-11-24(12-10-23)16-3-1-2-4-17(16)25/h1-8,25H,9-13H2,(H,21,26)(H,22,27)/p+1. The fourth-order valence-electron chi connectivity index (χ4n) is 3.04. The van der Waals surface area contributed by atoms with Crippen LogP contribution in [-0.4, -0.2) is 49.6 Å². The van der Waals surface area contributed by atoms with E-state index in [1.807, 2.05) is 12.1 Å². The van der Waals surface area contributed by atoms with Crippen LogP contribution in [0.4, 0.5) is 5.69 Å². The summed E-state index contributed by atoms with van der Waals surface area (Å²) < 4.78 is 0. The number of anilines is 1. The lowest BCUT2D eigenvalue weighted by Crippen LogP contribution is -3.16. The molecule has 0 radical (unpaired) electrons. The van der Waals surface area contributed by atoms with Gasteiger partial charge in [-0.25, -0.2) is 0 Å². The van der Waals surface area contributed by atoms with Gasteiger partial charge in [0.25, 0.3) is 11.8 Å². The number of halogens is 1. The first kappa shape index (κ1) is 19.0. The Morgan fingerprint density at radius 1 is 1.04 bits per heavy atom. The molecule has 4 N–H and O–H groups in total. The van der Waals surface area contributed by atoms with E-state index in [1.54, 1.807) is 36.4 Å². The summed E-state index contributed by atoms with van der Waals surface area (Å²) in [5.41, 5.74) is 6.10. The molecule has 8 heteroatoms. The van der Waals surface area contributed by atoms with Crippen LogP contribution in [-0.2, 0) is 4.79 Å². The van der Waals surface area contributed by atoms with Crippen LogP contribution in [0.15, 0.2) is 48.5 Å². The number of phenolic OH excluding ortho intramolecular Hbond substituents is 1. The molecule has 0 spiro atoms. The molecule has 2 amide bonds. The van der Waals surface area contributed by atoms with Gasteiger partial charge in [0.15, 0.2) is 6.54 Å². The number of carbonyl (C=O) groups excluding carboxylic acids is 2. The number of carbonyl (C=O) groups is 2. The van der Waals surface area contributed by atoms with Gasteiger partial charge in [-0.05, 0) is 36.4 Å². The van der Waals surface area contributed by atoms with Crippen molar-refractivity contribution in [1.82, 2.24) is 10.9 Å². The Hall–Kier alpha value is -2.77. The number of piperazine rings is 1. The van der Waals surface area contributed by atoms with Gasteiger partial charge in [-0.3, -0.25) is 20.4 Å². The summed E-state index contributed by atoms with van der Waals surface area (Å²) in [6.45, 7) is 3.31. The van der Waals surface area contributed by atoms with E-state index in [-0.39, 0.29) is 24.1 Å². The molecule has 0 aromatic heterocycles. The first-order valence-electron chi connectivity index (χ1n) is 8.74. The molecule has 1 aliphatic heterocycles. The van der Waals surface area contributed by atoms with Gasteiger partial charge in [0, 0.05) is 10.6 Å². The number of benzene rings is 2. The number of aromatic hydroxyl groups is 1. The van der Waals surface area contributed by atoms with Crippen LogP contribution >= 0.6 is 11.6 Å². The van der Waals surface area contributed by atoms with Crippen molar-refractivity contribution >= 4 is 29.1 Å². The summed E-state index contributed by atoms with van der Waals surface area (Å²) in [6, 6.07) is 13.7.